The van der Waals surface area contributed by atoms with Crippen molar-refractivity contribution in [2.24, 2.45) is 5.92 Å². The van der Waals surface area contributed by atoms with Crippen LogP contribution in [0.3, 0.4) is 0 Å². The molecule has 2 amide bonds. The molecule has 0 aromatic rings. The highest BCUT2D eigenvalue weighted by Crippen LogP contribution is 2.27. The van der Waals surface area contributed by atoms with Crippen LogP contribution in [0.4, 0.5) is 0 Å². The molecule has 2 fully saturated rings. The third kappa shape index (κ3) is 3.60. The van der Waals surface area contributed by atoms with Gasteiger partial charge in [-0.05, 0) is 39.2 Å². The SMILES string of the molecule is CN1CCN(C(=O)CNCC2CC2)C(C)(C)C1=O.Cl. The Morgan fingerprint density at radius 1 is 1.37 bits per heavy atom. The molecule has 0 bridgehead atoms. The number of amides is 2. The van der Waals surface area contributed by atoms with E-state index in [1.807, 2.05) is 13.8 Å². The maximum Gasteiger partial charge on any atom is 0.247 e. The molecule has 1 aliphatic carbocycles. The number of likely N-dealkylation sites (N-methyl/N-ethyl adjacent to an activating group) is 1. The molecular formula is C13H24ClN3O2. The van der Waals surface area contributed by atoms with Crippen molar-refractivity contribution < 1.29 is 9.59 Å². The van der Waals surface area contributed by atoms with Gasteiger partial charge in [-0.15, -0.1) is 12.4 Å². The summed E-state index contributed by atoms with van der Waals surface area (Å²) < 4.78 is 0. The molecule has 2 rings (SSSR count). The van der Waals surface area contributed by atoms with E-state index in [0.29, 0.717) is 19.6 Å². The standard InChI is InChI=1S/C13H23N3O2.ClH/c1-13(2)12(18)15(3)6-7-16(13)11(17)9-14-8-10-4-5-10;/h10,14H,4-9H2,1-3H3;1H. The second-order valence-electron chi connectivity index (χ2n) is 5.91. The van der Waals surface area contributed by atoms with Gasteiger partial charge in [0, 0.05) is 20.1 Å². The van der Waals surface area contributed by atoms with Gasteiger partial charge in [-0.2, -0.15) is 0 Å². The zero-order chi connectivity index (χ0) is 13.3. The largest absolute Gasteiger partial charge is 0.342 e. The smallest absolute Gasteiger partial charge is 0.247 e. The molecule has 110 valence electrons. The topological polar surface area (TPSA) is 52.6 Å². The number of carbonyl (C=O) groups excluding carboxylic acids is 2. The molecule has 1 heterocycles. The third-order valence-corrected chi connectivity index (χ3v) is 3.91. The van der Waals surface area contributed by atoms with Crippen LogP contribution in [0.1, 0.15) is 26.7 Å². The fraction of sp³-hybridized carbons (Fsp3) is 0.846. The summed E-state index contributed by atoms with van der Waals surface area (Å²) in [6.07, 6.45) is 2.55. The second kappa shape index (κ2) is 6.09. The molecule has 1 saturated heterocycles. The van der Waals surface area contributed by atoms with Crippen molar-refractivity contribution in [3.05, 3.63) is 0 Å². The minimum absolute atomic E-state index is 0. The normalized spacial score (nSPS) is 22.2. The summed E-state index contributed by atoms with van der Waals surface area (Å²) in [5.74, 6) is 0.811. The summed E-state index contributed by atoms with van der Waals surface area (Å²) in [6, 6.07) is 0. The summed E-state index contributed by atoms with van der Waals surface area (Å²) >= 11 is 0. The minimum atomic E-state index is -0.717. The summed E-state index contributed by atoms with van der Waals surface area (Å²) in [5.41, 5.74) is -0.717. The van der Waals surface area contributed by atoms with Crippen LogP contribution < -0.4 is 5.32 Å². The van der Waals surface area contributed by atoms with Crippen molar-refractivity contribution in [1.29, 1.82) is 0 Å². The van der Waals surface area contributed by atoms with Gasteiger partial charge in [0.05, 0.1) is 6.54 Å². The van der Waals surface area contributed by atoms with Gasteiger partial charge in [-0.25, -0.2) is 0 Å². The highest BCUT2D eigenvalue weighted by atomic mass is 35.5. The molecule has 0 radical (unpaired) electrons. The Balaban J connectivity index is 0.00000180. The lowest BCUT2D eigenvalue weighted by Crippen LogP contribution is -2.64. The van der Waals surface area contributed by atoms with Crippen LogP contribution in [0.15, 0.2) is 0 Å². The summed E-state index contributed by atoms with van der Waals surface area (Å²) in [6.45, 7) is 6.16. The Labute approximate surface area is 121 Å². The first-order chi connectivity index (χ1) is 8.43. The number of nitrogens with one attached hydrogen (secondary N) is 1. The van der Waals surface area contributed by atoms with Crippen LogP contribution in [0.5, 0.6) is 0 Å². The van der Waals surface area contributed by atoms with E-state index < -0.39 is 5.54 Å². The monoisotopic (exact) mass is 289 g/mol. The quantitative estimate of drug-likeness (QED) is 0.819. The van der Waals surface area contributed by atoms with Gasteiger partial charge >= 0.3 is 0 Å². The Kier molecular flexibility index (Phi) is 5.21. The van der Waals surface area contributed by atoms with Gasteiger partial charge in [-0.3, -0.25) is 9.59 Å². The van der Waals surface area contributed by atoms with Crippen LogP contribution in [-0.2, 0) is 9.59 Å². The molecule has 0 aromatic carbocycles. The maximum absolute atomic E-state index is 12.2. The predicted octanol–water partition coefficient (Wildman–Crippen LogP) is 0.487. The summed E-state index contributed by atoms with van der Waals surface area (Å²) in [5, 5.41) is 3.19. The lowest BCUT2D eigenvalue weighted by atomic mass is 9.97. The van der Waals surface area contributed by atoms with Crippen molar-refractivity contribution in [3.8, 4) is 0 Å². The van der Waals surface area contributed by atoms with E-state index >= 15 is 0 Å². The number of piperazine rings is 1. The molecule has 1 saturated carbocycles. The van der Waals surface area contributed by atoms with Crippen molar-refractivity contribution >= 4 is 24.2 Å². The van der Waals surface area contributed by atoms with E-state index in [0.717, 1.165) is 12.5 Å². The summed E-state index contributed by atoms with van der Waals surface area (Å²) in [7, 11) is 1.79. The zero-order valence-corrected chi connectivity index (χ0v) is 12.8. The van der Waals surface area contributed by atoms with E-state index in [1.54, 1.807) is 16.8 Å². The van der Waals surface area contributed by atoms with Crippen LogP contribution >= 0.6 is 12.4 Å². The minimum Gasteiger partial charge on any atom is -0.342 e. The fourth-order valence-electron chi connectivity index (χ4n) is 2.45. The van der Waals surface area contributed by atoms with Crippen LogP contribution in [-0.4, -0.2) is 60.4 Å². The van der Waals surface area contributed by atoms with Crippen LogP contribution in [0.25, 0.3) is 0 Å². The Hall–Kier alpha value is -0.810. The number of rotatable bonds is 4. The molecule has 5 nitrogen and oxygen atoms in total. The Morgan fingerprint density at radius 2 is 2.00 bits per heavy atom. The Morgan fingerprint density at radius 3 is 2.58 bits per heavy atom. The Bertz CT molecular complexity index is 356. The number of nitrogens with zero attached hydrogens (tertiary/aromatic N) is 2. The van der Waals surface area contributed by atoms with Crippen LogP contribution in [0, 0.1) is 5.92 Å². The maximum atomic E-state index is 12.2. The van der Waals surface area contributed by atoms with E-state index in [1.165, 1.54) is 12.8 Å². The van der Waals surface area contributed by atoms with Gasteiger partial charge in [0.1, 0.15) is 5.54 Å². The fourth-order valence-corrected chi connectivity index (χ4v) is 2.45. The molecule has 1 N–H and O–H groups in total. The van der Waals surface area contributed by atoms with E-state index in [2.05, 4.69) is 5.32 Å². The van der Waals surface area contributed by atoms with Crippen molar-refractivity contribution in [3.63, 3.8) is 0 Å². The van der Waals surface area contributed by atoms with Gasteiger partial charge in [0.2, 0.25) is 11.8 Å². The van der Waals surface area contributed by atoms with E-state index in [9.17, 15) is 9.59 Å². The molecular weight excluding hydrogens is 266 g/mol. The molecule has 1 aliphatic heterocycles. The number of carbonyl (C=O) groups is 2. The first kappa shape index (κ1) is 16.2. The van der Waals surface area contributed by atoms with Crippen molar-refractivity contribution in [2.45, 2.75) is 32.2 Å². The number of hydrogen-bond donors (Lipinski definition) is 1. The van der Waals surface area contributed by atoms with Crippen LogP contribution in [0.2, 0.25) is 0 Å². The van der Waals surface area contributed by atoms with E-state index in [-0.39, 0.29) is 24.2 Å². The number of halogens is 1. The molecule has 0 atom stereocenters. The third-order valence-electron chi connectivity index (χ3n) is 3.91. The van der Waals surface area contributed by atoms with Crippen molar-refractivity contribution in [2.75, 3.05) is 33.2 Å². The highest BCUT2D eigenvalue weighted by molar-refractivity contribution is 5.92. The average Bonchev–Trinajstić information content (AvgIpc) is 3.10. The second-order valence-corrected chi connectivity index (χ2v) is 5.91. The molecule has 2 aliphatic rings. The highest BCUT2D eigenvalue weighted by Gasteiger charge is 2.42. The molecule has 0 spiro atoms. The van der Waals surface area contributed by atoms with E-state index in [4.69, 9.17) is 0 Å². The van der Waals surface area contributed by atoms with Gasteiger partial charge in [-0.1, -0.05) is 0 Å². The number of hydrogen-bond acceptors (Lipinski definition) is 3. The first-order valence-corrected chi connectivity index (χ1v) is 6.69. The van der Waals surface area contributed by atoms with Gasteiger partial charge in [0.15, 0.2) is 0 Å². The van der Waals surface area contributed by atoms with Gasteiger partial charge < -0.3 is 15.1 Å². The lowest BCUT2D eigenvalue weighted by Gasteiger charge is -2.44. The van der Waals surface area contributed by atoms with Gasteiger partial charge in [0.25, 0.3) is 0 Å². The summed E-state index contributed by atoms with van der Waals surface area (Å²) in [4.78, 5) is 27.6. The average molecular weight is 290 g/mol. The molecule has 0 unspecified atom stereocenters. The molecule has 19 heavy (non-hydrogen) atoms. The lowest BCUT2D eigenvalue weighted by molar-refractivity contribution is -0.156. The van der Waals surface area contributed by atoms with Crippen molar-refractivity contribution in [1.82, 2.24) is 15.1 Å². The zero-order valence-electron chi connectivity index (χ0n) is 11.9. The predicted molar refractivity (Wildman–Crippen MR) is 76.3 cm³/mol. The first-order valence-electron chi connectivity index (χ1n) is 6.69. The molecule has 6 heteroatoms. The molecule has 0 aromatic heterocycles.